The number of amides is 3. The molecule has 0 bridgehead atoms. The van der Waals surface area contributed by atoms with E-state index in [1.807, 2.05) is 37.3 Å². The first-order chi connectivity index (χ1) is 19.0. The summed E-state index contributed by atoms with van der Waals surface area (Å²) in [6, 6.07) is 12.6. The molecule has 8 heteroatoms. The number of hydrogen-bond acceptors (Lipinski definition) is 5. The molecule has 3 amide bonds. The van der Waals surface area contributed by atoms with Gasteiger partial charge in [-0.1, -0.05) is 74.7 Å². The van der Waals surface area contributed by atoms with Crippen LogP contribution in [0.4, 0.5) is 4.79 Å². The third-order valence-corrected chi connectivity index (χ3v) is 7.09. The number of carbonyl (C=O) groups is 3. The number of benzene rings is 2. The molecule has 40 heavy (non-hydrogen) atoms. The van der Waals surface area contributed by atoms with E-state index in [4.69, 9.17) is 4.74 Å². The molecule has 1 fully saturated rings. The molecular formula is C32H45N3O5. The number of hydrogen-bond donors (Lipinski definition) is 3. The Kier molecular flexibility index (Phi) is 11.0. The van der Waals surface area contributed by atoms with Gasteiger partial charge in [0, 0.05) is 24.6 Å². The van der Waals surface area contributed by atoms with E-state index < -0.39 is 29.7 Å². The number of para-hydroxylation sites is 1. The van der Waals surface area contributed by atoms with Crippen LogP contribution >= 0.6 is 0 Å². The average Bonchev–Trinajstić information content (AvgIpc) is 2.90. The van der Waals surface area contributed by atoms with Crippen molar-refractivity contribution >= 4 is 17.9 Å². The van der Waals surface area contributed by atoms with Crippen molar-refractivity contribution in [3.63, 3.8) is 0 Å². The van der Waals surface area contributed by atoms with E-state index in [0.29, 0.717) is 17.5 Å². The first-order valence-corrected chi connectivity index (χ1v) is 14.4. The van der Waals surface area contributed by atoms with Crippen molar-refractivity contribution in [2.24, 2.45) is 0 Å². The standard InChI is InChI=1S/C32H45N3O5/c1-6-20-35(30(38)26(21-23-15-9-7-10-16-23)34-31(39)40-32(3,4)5)27(25-19-13-14-22(2)28(25)36)29(37)33-24-17-11-8-12-18-24/h7,9-10,13-16,19,24,26-27,36H,6,8,11-12,17-18,20-21H2,1-5H3,(H,33,37)(H,34,39). The number of nitrogens with zero attached hydrogens (tertiary/aromatic N) is 1. The van der Waals surface area contributed by atoms with Crippen LogP contribution in [0, 0.1) is 6.92 Å². The van der Waals surface area contributed by atoms with E-state index in [2.05, 4.69) is 10.6 Å². The largest absolute Gasteiger partial charge is 0.507 e. The normalized spacial score (nSPS) is 15.5. The maximum absolute atomic E-state index is 14.3. The molecule has 8 nitrogen and oxygen atoms in total. The fraction of sp³-hybridized carbons (Fsp3) is 0.531. The molecule has 3 rings (SSSR count). The predicted molar refractivity (Wildman–Crippen MR) is 156 cm³/mol. The second kappa shape index (κ2) is 14.2. The van der Waals surface area contributed by atoms with Gasteiger partial charge >= 0.3 is 6.09 Å². The molecule has 0 aromatic heterocycles. The minimum Gasteiger partial charge on any atom is -0.507 e. The van der Waals surface area contributed by atoms with E-state index in [1.165, 1.54) is 4.90 Å². The lowest BCUT2D eigenvalue weighted by Gasteiger charge is -2.36. The van der Waals surface area contributed by atoms with Gasteiger partial charge in [0.25, 0.3) is 0 Å². The summed E-state index contributed by atoms with van der Waals surface area (Å²) in [5.41, 5.74) is 1.09. The van der Waals surface area contributed by atoms with E-state index >= 15 is 0 Å². The van der Waals surface area contributed by atoms with Crippen LogP contribution < -0.4 is 10.6 Å². The molecule has 0 spiro atoms. The SMILES string of the molecule is CCCN(C(=O)C(Cc1ccccc1)NC(=O)OC(C)(C)C)C(C(=O)NC1CCCCC1)c1cccc(C)c1O. The highest BCUT2D eigenvalue weighted by Gasteiger charge is 2.38. The number of aromatic hydroxyl groups is 1. The van der Waals surface area contributed by atoms with Crippen LogP contribution in [0.3, 0.4) is 0 Å². The minimum absolute atomic E-state index is 0.0140. The highest BCUT2D eigenvalue weighted by Crippen LogP contribution is 2.33. The molecule has 2 atom stereocenters. The summed E-state index contributed by atoms with van der Waals surface area (Å²) < 4.78 is 5.48. The van der Waals surface area contributed by atoms with Gasteiger partial charge in [0.2, 0.25) is 11.8 Å². The zero-order valence-electron chi connectivity index (χ0n) is 24.5. The molecule has 218 valence electrons. The fourth-order valence-electron chi connectivity index (χ4n) is 5.19. The second-order valence-corrected chi connectivity index (χ2v) is 11.7. The lowest BCUT2D eigenvalue weighted by Crippen LogP contribution is -2.54. The number of rotatable bonds is 10. The van der Waals surface area contributed by atoms with Crippen LogP contribution in [0.1, 0.15) is 89.0 Å². The van der Waals surface area contributed by atoms with Crippen molar-refractivity contribution in [2.45, 2.75) is 103 Å². The van der Waals surface area contributed by atoms with E-state index in [1.54, 1.807) is 45.9 Å². The smallest absolute Gasteiger partial charge is 0.408 e. The van der Waals surface area contributed by atoms with E-state index in [9.17, 15) is 19.5 Å². The summed E-state index contributed by atoms with van der Waals surface area (Å²) in [6.45, 7) is 9.24. The Morgan fingerprint density at radius 3 is 2.33 bits per heavy atom. The summed E-state index contributed by atoms with van der Waals surface area (Å²) >= 11 is 0. The van der Waals surface area contributed by atoms with Crippen molar-refractivity contribution < 1.29 is 24.2 Å². The van der Waals surface area contributed by atoms with Crippen LogP contribution in [-0.2, 0) is 20.7 Å². The lowest BCUT2D eigenvalue weighted by atomic mass is 9.94. The Balaban J connectivity index is 2.02. The first-order valence-electron chi connectivity index (χ1n) is 14.4. The average molecular weight is 552 g/mol. The van der Waals surface area contributed by atoms with Gasteiger partial charge in [-0.25, -0.2) is 4.79 Å². The third-order valence-electron chi connectivity index (χ3n) is 7.09. The van der Waals surface area contributed by atoms with Gasteiger partial charge in [0.05, 0.1) is 0 Å². The van der Waals surface area contributed by atoms with Crippen molar-refractivity contribution in [3.8, 4) is 5.75 Å². The van der Waals surface area contributed by atoms with Crippen LogP contribution in [0.25, 0.3) is 0 Å². The molecule has 0 aliphatic heterocycles. The molecule has 2 unspecified atom stereocenters. The number of phenolic OH excluding ortho intramolecular Hbond substituents is 1. The maximum atomic E-state index is 14.3. The van der Waals surface area contributed by atoms with Crippen molar-refractivity contribution in [1.29, 1.82) is 0 Å². The number of aryl methyl sites for hydroxylation is 1. The molecule has 0 radical (unpaired) electrons. The van der Waals surface area contributed by atoms with Gasteiger partial charge in [-0.3, -0.25) is 9.59 Å². The van der Waals surface area contributed by atoms with Gasteiger partial charge in [-0.2, -0.15) is 0 Å². The molecule has 0 saturated heterocycles. The van der Waals surface area contributed by atoms with Crippen molar-refractivity contribution in [3.05, 3.63) is 65.2 Å². The molecule has 2 aromatic rings. The monoisotopic (exact) mass is 551 g/mol. The third kappa shape index (κ3) is 8.73. The number of phenols is 1. The van der Waals surface area contributed by atoms with Gasteiger partial charge in [-0.15, -0.1) is 0 Å². The Morgan fingerprint density at radius 2 is 1.70 bits per heavy atom. The molecule has 1 aliphatic rings. The summed E-state index contributed by atoms with van der Waals surface area (Å²) in [6.07, 6.45) is 5.09. The lowest BCUT2D eigenvalue weighted by molar-refractivity contribution is -0.143. The minimum atomic E-state index is -1.06. The maximum Gasteiger partial charge on any atom is 0.408 e. The van der Waals surface area contributed by atoms with Gasteiger partial charge in [0.15, 0.2) is 0 Å². The zero-order valence-corrected chi connectivity index (χ0v) is 24.5. The van der Waals surface area contributed by atoms with Crippen molar-refractivity contribution in [2.75, 3.05) is 6.54 Å². The Morgan fingerprint density at radius 1 is 1.02 bits per heavy atom. The molecule has 2 aromatic carbocycles. The predicted octanol–water partition coefficient (Wildman–Crippen LogP) is 5.57. The fourth-order valence-corrected chi connectivity index (χ4v) is 5.19. The van der Waals surface area contributed by atoms with Crippen molar-refractivity contribution in [1.82, 2.24) is 15.5 Å². The number of carbonyl (C=O) groups excluding carboxylic acids is 3. The van der Waals surface area contributed by atoms with Gasteiger partial charge < -0.3 is 25.4 Å². The van der Waals surface area contributed by atoms with Crippen LogP contribution in [0.2, 0.25) is 0 Å². The van der Waals surface area contributed by atoms with Gasteiger partial charge in [0.1, 0.15) is 23.4 Å². The quantitative estimate of drug-likeness (QED) is 0.358. The molecule has 3 N–H and O–H groups in total. The van der Waals surface area contributed by atoms with E-state index in [0.717, 1.165) is 37.7 Å². The summed E-state index contributed by atoms with van der Waals surface area (Å²) in [4.78, 5) is 42.7. The Hall–Kier alpha value is -3.55. The second-order valence-electron chi connectivity index (χ2n) is 11.7. The Labute approximate surface area is 238 Å². The zero-order chi connectivity index (χ0) is 29.3. The topological polar surface area (TPSA) is 108 Å². The molecule has 1 aliphatic carbocycles. The highest BCUT2D eigenvalue weighted by atomic mass is 16.6. The van der Waals surface area contributed by atoms with Crippen LogP contribution in [-0.4, -0.2) is 52.1 Å². The summed E-state index contributed by atoms with van der Waals surface area (Å²) in [5.74, 6) is -0.758. The summed E-state index contributed by atoms with van der Waals surface area (Å²) in [5, 5.41) is 17.0. The van der Waals surface area contributed by atoms with Crippen LogP contribution in [0.15, 0.2) is 48.5 Å². The number of ether oxygens (including phenoxy) is 1. The van der Waals surface area contributed by atoms with Gasteiger partial charge in [-0.05, 0) is 58.1 Å². The molecular weight excluding hydrogens is 506 g/mol. The van der Waals surface area contributed by atoms with E-state index in [-0.39, 0.29) is 30.7 Å². The van der Waals surface area contributed by atoms with Crippen LogP contribution in [0.5, 0.6) is 5.75 Å². The molecule has 0 heterocycles. The molecule has 1 saturated carbocycles. The summed E-state index contributed by atoms with van der Waals surface area (Å²) in [7, 11) is 0. The highest BCUT2D eigenvalue weighted by molar-refractivity contribution is 5.93. The Bertz CT molecular complexity index is 1140. The number of nitrogens with one attached hydrogen (secondary N) is 2. The number of alkyl carbamates (subject to hydrolysis) is 1. The first kappa shape index (κ1) is 31.0.